The summed E-state index contributed by atoms with van der Waals surface area (Å²) in [5, 5.41) is 17.1. The van der Waals surface area contributed by atoms with Crippen LogP contribution in [0.3, 0.4) is 0 Å². The van der Waals surface area contributed by atoms with Gasteiger partial charge in [0.25, 0.3) is 5.91 Å². The van der Waals surface area contributed by atoms with Gasteiger partial charge in [-0.25, -0.2) is 0 Å². The van der Waals surface area contributed by atoms with E-state index in [1.165, 1.54) is 0 Å². The maximum absolute atomic E-state index is 11.4. The first-order valence-electron chi connectivity index (χ1n) is 4.33. The third kappa shape index (κ3) is 2.22. The predicted molar refractivity (Wildman–Crippen MR) is 46.8 cm³/mol. The monoisotopic (exact) mass is 180 g/mol. The zero-order valence-corrected chi connectivity index (χ0v) is 7.36. The van der Waals surface area contributed by atoms with Gasteiger partial charge in [0.15, 0.2) is 5.57 Å². The van der Waals surface area contributed by atoms with Crippen LogP contribution in [0.5, 0.6) is 0 Å². The van der Waals surface area contributed by atoms with Gasteiger partial charge in [0.1, 0.15) is 12.3 Å². The molecule has 0 saturated carbocycles. The third-order valence-electron chi connectivity index (χ3n) is 2.12. The number of carbonyl (C=O) groups is 1. The number of likely N-dealkylation sites (tertiary alicyclic amines) is 1. The Kier molecular flexibility index (Phi) is 3.32. The molecule has 0 aromatic rings. The molecule has 0 radical (unpaired) electrons. The SMILES string of the molecule is N#C/C(=C\O)C(=O)N1CCCCC1. The summed E-state index contributed by atoms with van der Waals surface area (Å²) in [6.45, 7) is 1.38. The summed E-state index contributed by atoms with van der Waals surface area (Å²) in [6, 6.07) is 1.67. The molecule has 1 aliphatic rings. The molecule has 4 nitrogen and oxygen atoms in total. The Morgan fingerprint density at radius 1 is 1.38 bits per heavy atom. The fourth-order valence-electron chi connectivity index (χ4n) is 1.40. The Hall–Kier alpha value is -1.50. The predicted octanol–water partition coefficient (Wildman–Crippen LogP) is 0.964. The van der Waals surface area contributed by atoms with Crippen LogP contribution >= 0.6 is 0 Å². The molecule has 4 heteroatoms. The van der Waals surface area contributed by atoms with Gasteiger partial charge in [-0.15, -0.1) is 0 Å². The van der Waals surface area contributed by atoms with Crippen LogP contribution in [-0.4, -0.2) is 29.0 Å². The molecule has 0 aromatic carbocycles. The second-order valence-corrected chi connectivity index (χ2v) is 3.01. The highest BCUT2D eigenvalue weighted by Gasteiger charge is 2.19. The van der Waals surface area contributed by atoms with Crippen LogP contribution in [-0.2, 0) is 4.79 Å². The number of nitrogens with zero attached hydrogens (tertiary/aromatic N) is 2. The summed E-state index contributed by atoms with van der Waals surface area (Å²) in [5.74, 6) is -0.357. The van der Waals surface area contributed by atoms with E-state index in [0.29, 0.717) is 19.4 Å². The maximum atomic E-state index is 11.4. The lowest BCUT2D eigenvalue weighted by molar-refractivity contribution is -0.127. The van der Waals surface area contributed by atoms with Gasteiger partial charge in [0.2, 0.25) is 0 Å². The Bertz CT molecular complexity index is 259. The standard InChI is InChI=1S/C9H12N2O2/c10-6-8(7-12)9(13)11-4-2-1-3-5-11/h7,12H,1-5H2/b8-7+. The van der Waals surface area contributed by atoms with E-state index in [-0.39, 0.29) is 11.5 Å². The molecule has 1 heterocycles. The number of hydrogen-bond acceptors (Lipinski definition) is 3. The minimum absolute atomic E-state index is 0.179. The first kappa shape index (κ1) is 9.59. The van der Waals surface area contributed by atoms with Gasteiger partial charge in [-0.2, -0.15) is 5.26 Å². The van der Waals surface area contributed by atoms with Crippen molar-refractivity contribution in [2.75, 3.05) is 13.1 Å². The Morgan fingerprint density at radius 3 is 2.46 bits per heavy atom. The number of aliphatic hydroxyl groups is 1. The van der Waals surface area contributed by atoms with E-state index in [0.717, 1.165) is 19.3 Å². The van der Waals surface area contributed by atoms with Crippen molar-refractivity contribution in [2.24, 2.45) is 0 Å². The topological polar surface area (TPSA) is 64.3 Å². The Morgan fingerprint density at radius 2 is 2.00 bits per heavy atom. The molecule has 70 valence electrons. The lowest BCUT2D eigenvalue weighted by Gasteiger charge is -2.25. The average molecular weight is 180 g/mol. The van der Waals surface area contributed by atoms with Gasteiger partial charge < -0.3 is 10.0 Å². The molecule has 0 aromatic heterocycles. The molecular weight excluding hydrogens is 168 g/mol. The highest BCUT2D eigenvalue weighted by Crippen LogP contribution is 2.11. The fourth-order valence-corrected chi connectivity index (χ4v) is 1.40. The Labute approximate surface area is 77.1 Å². The molecule has 1 N–H and O–H groups in total. The lowest BCUT2D eigenvalue weighted by atomic mass is 10.1. The highest BCUT2D eigenvalue weighted by molar-refractivity contribution is 5.96. The summed E-state index contributed by atoms with van der Waals surface area (Å²) in [5.41, 5.74) is -0.179. The van der Waals surface area contributed by atoms with Crippen LogP contribution in [0.1, 0.15) is 19.3 Å². The first-order valence-corrected chi connectivity index (χ1v) is 4.33. The molecule has 0 unspecified atom stereocenters. The molecule has 0 atom stereocenters. The van der Waals surface area contributed by atoms with Gasteiger partial charge in [-0.3, -0.25) is 4.79 Å². The van der Waals surface area contributed by atoms with E-state index in [1.54, 1.807) is 11.0 Å². The van der Waals surface area contributed by atoms with Crippen molar-refractivity contribution in [3.05, 3.63) is 11.8 Å². The molecule has 13 heavy (non-hydrogen) atoms. The first-order chi connectivity index (χ1) is 6.29. The average Bonchev–Trinajstić information content (AvgIpc) is 2.21. The molecule has 0 spiro atoms. The van der Waals surface area contributed by atoms with Crippen LogP contribution in [0.15, 0.2) is 11.8 Å². The van der Waals surface area contributed by atoms with Crippen LogP contribution in [0.4, 0.5) is 0 Å². The number of carbonyl (C=O) groups excluding carboxylic acids is 1. The summed E-state index contributed by atoms with van der Waals surface area (Å²) in [4.78, 5) is 13.0. The molecule has 1 fully saturated rings. The van der Waals surface area contributed by atoms with Crippen molar-refractivity contribution in [1.82, 2.24) is 4.90 Å². The number of amides is 1. The van der Waals surface area contributed by atoms with Crippen molar-refractivity contribution >= 4 is 5.91 Å². The van der Waals surface area contributed by atoms with Crippen LogP contribution in [0, 0.1) is 11.3 Å². The number of aliphatic hydroxyl groups excluding tert-OH is 1. The quantitative estimate of drug-likeness (QED) is 0.371. The molecule has 1 rings (SSSR count). The number of hydrogen-bond donors (Lipinski definition) is 1. The molecule has 1 amide bonds. The number of piperidine rings is 1. The van der Waals surface area contributed by atoms with E-state index in [4.69, 9.17) is 10.4 Å². The van der Waals surface area contributed by atoms with E-state index >= 15 is 0 Å². The van der Waals surface area contributed by atoms with Crippen molar-refractivity contribution in [3.63, 3.8) is 0 Å². The lowest BCUT2D eigenvalue weighted by Crippen LogP contribution is -2.36. The van der Waals surface area contributed by atoms with Crippen LogP contribution < -0.4 is 0 Å². The van der Waals surface area contributed by atoms with Crippen LogP contribution in [0.25, 0.3) is 0 Å². The van der Waals surface area contributed by atoms with E-state index in [2.05, 4.69) is 0 Å². The second-order valence-electron chi connectivity index (χ2n) is 3.01. The zero-order chi connectivity index (χ0) is 9.68. The third-order valence-corrected chi connectivity index (χ3v) is 2.12. The second kappa shape index (κ2) is 4.51. The van der Waals surface area contributed by atoms with Gasteiger partial charge in [0.05, 0.1) is 0 Å². The zero-order valence-electron chi connectivity index (χ0n) is 7.36. The summed E-state index contributed by atoms with van der Waals surface area (Å²) < 4.78 is 0. The van der Waals surface area contributed by atoms with Gasteiger partial charge >= 0.3 is 0 Å². The van der Waals surface area contributed by atoms with Gasteiger partial charge in [-0.05, 0) is 19.3 Å². The smallest absolute Gasteiger partial charge is 0.267 e. The van der Waals surface area contributed by atoms with E-state index in [9.17, 15) is 4.79 Å². The normalized spacial score (nSPS) is 18.1. The molecule has 0 bridgehead atoms. The molecule has 1 aliphatic heterocycles. The van der Waals surface area contributed by atoms with Crippen molar-refractivity contribution < 1.29 is 9.90 Å². The molecule has 1 saturated heterocycles. The van der Waals surface area contributed by atoms with Crippen LogP contribution in [0.2, 0.25) is 0 Å². The van der Waals surface area contributed by atoms with Gasteiger partial charge in [-0.1, -0.05) is 0 Å². The number of rotatable bonds is 1. The van der Waals surface area contributed by atoms with Crippen molar-refractivity contribution in [1.29, 1.82) is 5.26 Å². The van der Waals surface area contributed by atoms with Crippen molar-refractivity contribution in [2.45, 2.75) is 19.3 Å². The minimum atomic E-state index is -0.357. The fraction of sp³-hybridized carbons (Fsp3) is 0.556. The largest absolute Gasteiger partial charge is 0.514 e. The minimum Gasteiger partial charge on any atom is -0.514 e. The Balaban J connectivity index is 2.61. The maximum Gasteiger partial charge on any atom is 0.267 e. The molecule has 0 aliphatic carbocycles. The molecular formula is C9H12N2O2. The van der Waals surface area contributed by atoms with E-state index in [1.807, 2.05) is 0 Å². The summed E-state index contributed by atoms with van der Waals surface area (Å²) in [6.07, 6.45) is 3.68. The highest BCUT2D eigenvalue weighted by atomic mass is 16.2. The van der Waals surface area contributed by atoms with Crippen molar-refractivity contribution in [3.8, 4) is 6.07 Å². The summed E-state index contributed by atoms with van der Waals surface area (Å²) >= 11 is 0. The number of nitriles is 1. The summed E-state index contributed by atoms with van der Waals surface area (Å²) in [7, 11) is 0. The van der Waals surface area contributed by atoms with E-state index < -0.39 is 0 Å². The van der Waals surface area contributed by atoms with Gasteiger partial charge in [0, 0.05) is 13.1 Å².